The van der Waals surface area contributed by atoms with Crippen LogP contribution >= 0.6 is 0 Å². The van der Waals surface area contributed by atoms with E-state index >= 15 is 0 Å². The average molecular weight is 423 g/mol. The van der Waals surface area contributed by atoms with Gasteiger partial charge in [-0.3, -0.25) is 4.79 Å². The molecule has 3 aromatic rings. The number of carbonyl (C=O) groups is 1. The van der Waals surface area contributed by atoms with E-state index in [1.807, 2.05) is 19.0 Å². The molecule has 4 rings (SSSR count). The number of aromatic nitrogens is 3. The highest BCUT2D eigenvalue weighted by molar-refractivity contribution is 5.92. The number of carbonyl (C=O) groups excluding carboxylic acids is 1. The zero-order valence-corrected chi connectivity index (χ0v) is 18.2. The van der Waals surface area contributed by atoms with Crippen LogP contribution in [0.15, 0.2) is 34.9 Å². The largest absolute Gasteiger partial charge is 0.436 e. The van der Waals surface area contributed by atoms with Crippen LogP contribution in [-0.4, -0.2) is 52.9 Å². The number of nitrogens with zero attached hydrogens (tertiary/aromatic N) is 5. The van der Waals surface area contributed by atoms with Gasteiger partial charge in [-0.05, 0) is 25.8 Å². The second-order valence-electron chi connectivity index (χ2n) is 8.08. The van der Waals surface area contributed by atoms with Gasteiger partial charge in [0.15, 0.2) is 5.89 Å². The zero-order valence-electron chi connectivity index (χ0n) is 18.2. The molecule has 1 atom stereocenters. The smallest absolute Gasteiger partial charge is 0.291 e. The van der Waals surface area contributed by atoms with Crippen molar-refractivity contribution in [2.75, 3.05) is 32.1 Å². The zero-order chi connectivity index (χ0) is 22.1. The Hall–Kier alpha value is -3.29. The van der Waals surface area contributed by atoms with Crippen LogP contribution in [0, 0.1) is 19.7 Å². The first kappa shape index (κ1) is 21.0. The number of likely N-dealkylation sites (tertiary alicyclic amines) is 1. The molecule has 1 aliphatic rings. The molecule has 0 unspecified atom stereocenters. The van der Waals surface area contributed by atoms with E-state index in [9.17, 15) is 9.18 Å². The third-order valence-electron chi connectivity index (χ3n) is 5.56. The van der Waals surface area contributed by atoms with Crippen LogP contribution in [0.25, 0.3) is 11.1 Å². The molecule has 7 nitrogen and oxygen atoms in total. The number of piperidine rings is 1. The molecule has 0 spiro atoms. The molecular formula is C23H26FN5O2. The van der Waals surface area contributed by atoms with Crippen molar-refractivity contribution in [1.82, 2.24) is 19.9 Å². The molecule has 8 heteroatoms. The first-order valence-electron chi connectivity index (χ1n) is 10.4. The van der Waals surface area contributed by atoms with Crippen molar-refractivity contribution < 1.29 is 13.6 Å². The number of amides is 1. The maximum Gasteiger partial charge on any atom is 0.291 e. The van der Waals surface area contributed by atoms with E-state index in [4.69, 9.17) is 9.40 Å². The number of aryl methyl sites for hydroxylation is 2. The number of hydrogen-bond acceptors (Lipinski definition) is 6. The predicted molar refractivity (Wildman–Crippen MR) is 116 cm³/mol. The van der Waals surface area contributed by atoms with Crippen LogP contribution in [0.2, 0.25) is 0 Å². The highest BCUT2D eigenvalue weighted by atomic mass is 19.1. The van der Waals surface area contributed by atoms with E-state index in [2.05, 4.69) is 9.97 Å². The molecule has 1 fully saturated rings. The SMILES string of the molecule is Cc1nc(C)c(C(=O)N2CCC[C@@H](c3nc(N(C)C)ncc3-c3ccccc3F)C2)o1. The maximum absolute atomic E-state index is 14.6. The fourth-order valence-electron chi connectivity index (χ4n) is 4.06. The minimum absolute atomic E-state index is 0.0432. The van der Waals surface area contributed by atoms with Gasteiger partial charge in [0.05, 0.1) is 11.4 Å². The van der Waals surface area contributed by atoms with Gasteiger partial charge < -0.3 is 14.2 Å². The van der Waals surface area contributed by atoms with E-state index in [1.165, 1.54) is 6.07 Å². The van der Waals surface area contributed by atoms with E-state index in [1.54, 1.807) is 43.1 Å². The van der Waals surface area contributed by atoms with E-state index in [0.717, 1.165) is 18.5 Å². The van der Waals surface area contributed by atoms with Crippen molar-refractivity contribution in [3.63, 3.8) is 0 Å². The fourth-order valence-corrected chi connectivity index (χ4v) is 4.06. The molecule has 2 aromatic heterocycles. The van der Waals surface area contributed by atoms with Gasteiger partial charge in [0.25, 0.3) is 5.91 Å². The molecule has 1 aromatic carbocycles. The molecular weight excluding hydrogens is 397 g/mol. The quantitative estimate of drug-likeness (QED) is 0.632. The van der Waals surface area contributed by atoms with Crippen LogP contribution in [0.4, 0.5) is 10.3 Å². The highest BCUT2D eigenvalue weighted by Gasteiger charge is 2.31. The summed E-state index contributed by atoms with van der Waals surface area (Å²) in [6.45, 7) is 4.61. The van der Waals surface area contributed by atoms with Crippen LogP contribution in [0.5, 0.6) is 0 Å². The Morgan fingerprint density at radius 1 is 1.19 bits per heavy atom. The molecule has 1 amide bonds. The number of hydrogen-bond donors (Lipinski definition) is 0. The summed E-state index contributed by atoms with van der Waals surface area (Å²) in [7, 11) is 3.74. The third kappa shape index (κ3) is 4.15. The Kier molecular flexibility index (Phi) is 5.71. The van der Waals surface area contributed by atoms with E-state index in [0.29, 0.717) is 41.7 Å². The molecule has 0 bridgehead atoms. The maximum atomic E-state index is 14.6. The molecule has 1 saturated heterocycles. The summed E-state index contributed by atoms with van der Waals surface area (Å²) in [6.07, 6.45) is 3.35. The van der Waals surface area contributed by atoms with Gasteiger partial charge in [0.2, 0.25) is 11.7 Å². The Bertz CT molecular complexity index is 1110. The third-order valence-corrected chi connectivity index (χ3v) is 5.56. The van der Waals surface area contributed by atoms with Gasteiger partial charge in [-0.25, -0.2) is 19.3 Å². The van der Waals surface area contributed by atoms with Crippen molar-refractivity contribution in [2.24, 2.45) is 0 Å². The summed E-state index contributed by atoms with van der Waals surface area (Å²) in [5.41, 5.74) is 2.48. The lowest BCUT2D eigenvalue weighted by atomic mass is 9.89. The van der Waals surface area contributed by atoms with Crippen molar-refractivity contribution in [3.8, 4) is 11.1 Å². The lowest BCUT2D eigenvalue weighted by Crippen LogP contribution is -2.39. The van der Waals surface area contributed by atoms with Crippen LogP contribution in [0.1, 0.15) is 46.6 Å². The minimum Gasteiger partial charge on any atom is -0.436 e. The summed E-state index contributed by atoms with van der Waals surface area (Å²) >= 11 is 0. The van der Waals surface area contributed by atoms with Gasteiger partial charge in [0, 0.05) is 57.4 Å². The molecule has 1 aliphatic heterocycles. The molecule has 0 radical (unpaired) electrons. The summed E-state index contributed by atoms with van der Waals surface area (Å²) < 4.78 is 20.2. The standard InChI is InChI=1S/C23H26FN5O2/c1-14-21(31-15(2)26-14)22(30)29-11-7-8-16(13-29)20-18(12-25-23(27-20)28(3)4)17-9-5-6-10-19(17)24/h5-6,9-10,12,16H,7-8,11,13H2,1-4H3/t16-/m1/s1. The van der Waals surface area contributed by atoms with Gasteiger partial charge in [-0.2, -0.15) is 0 Å². The second kappa shape index (κ2) is 8.45. The molecule has 0 N–H and O–H groups in total. The van der Waals surface area contributed by atoms with Gasteiger partial charge in [-0.1, -0.05) is 18.2 Å². The second-order valence-corrected chi connectivity index (χ2v) is 8.08. The lowest BCUT2D eigenvalue weighted by molar-refractivity contribution is 0.0671. The van der Waals surface area contributed by atoms with Gasteiger partial charge in [0.1, 0.15) is 5.82 Å². The molecule has 31 heavy (non-hydrogen) atoms. The van der Waals surface area contributed by atoms with Crippen LogP contribution in [0.3, 0.4) is 0 Å². The summed E-state index contributed by atoms with van der Waals surface area (Å²) in [6, 6.07) is 6.63. The van der Waals surface area contributed by atoms with Crippen LogP contribution < -0.4 is 4.90 Å². The summed E-state index contributed by atoms with van der Waals surface area (Å²) in [5.74, 6) is 0.781. The normalized spacial score (nSPS) is 16.4. The van der Waals surface area contributed by atoms with Crippen LogP contribution in [-0.2, 0) is 0 Å². The van der Waals surface area contributed by atoms with Crippen molar-refractivity contribution >= 4 is 11.9 Å². The number of anilines is 1. The summed E-state index contributed by atoms with van der Waals surface area (Å²) in [4.78, 5) is 30.1. The van der Waals surface area contributed by atoms with E-state index < -0.39 is 0 Å². The van der Waals surface area contributed by atoms with Gasteiger partial charge in [-0.15, -0.1) is 0 Å². The Labute approximate surface area is 180 Å². The first-order valence-corrected chi connectivity index (χ1v) is 10.4. The first-order chi connectivity index (χ1) is 14.8. The molecule has 3 heterocycles. The Morgan fingerprint density at radius 3 is 2.65 bits per heavy atom. The number of oxazole rings is 1. The molecule has 0 saturated carbocycles. The topological polar surface area (TPSA) is 75.4 Å². The number of benzene rings is 1. The molecule has 0 aliphatic carbocycles. The van der Waals surface area contributed by atoms with E-state index in [-0.39, 0.29) is 23.4 Å². The minimum atomic E-state index is -0.318. The van der Waals surface area contributed by atoms with Crippen molar-refractivity contribution in [3.05, 3.63) is 59.3 Å². The molecule has 162 valence electrons. The number of halogens is 1. The summed E-state index contributed by atoms with van der Waals surface area (Å²) in [5, 5.41) is 0. The predicted octanol–water partition coefficient (Wildman–Crippen LogP) is 3.97. The van der Waals surface area contributed by atoms with Crippen molar-refractivity contribution in [1.29, 1.82) is 0 Å². The Balaban J connectivity index is 1.70. The van der Waals surface area contributed by atoms with Crippen molar-refractivity contribution in [2.45, 2.75) is 32.6 Å². The Morgan fingerprint density at radius 2 is 1.97 bits per heavy atom. The lowest BCUT2D eigenvalue weighted by Gasteiger charge is -2.33. The monoisotopic (exact) mass is 423 g/mol. The fraction of sp³-hybridized carbons (Fsp3) is 0.391. The highest BCUT2D eigenvalue weighted by Crippen LogP contribution is 2.35. The average Bonchev–Trinajstić information content (AvgIpc) is 3.11. The van der Waals surface area contributed by atoms with Gasteiger partial charge >= 0.3 is 0 Å². The number of rotatable bonds is 4.